The van der Waals surface area contributed by atoms with Gasteiger partial charge in [0.1, 0.15) is 24.1 Å². The van der Waals surface area contributed by atoms with Crippen LogP contribution in [0, 0.1) is 3.57 Å². The topological polar surface area (TPSA) is 79.1 Å². The van der Waals surface area contributed by atoms with E-state index in [1.165, 1.54) is 11.3 Å². The molecule has 1 aliphatic rings. The molecule has 0 bridgehead atoms. The molecular weight excluding hydrogens is 791 g/mol. The lowest BCUT2D eigenvalue weighted by molar-refractivity contribution is -0.139. The van der Waals surface area contributed by atoms with Crippen molar-refractivity contribution in [1.29, 1.82) is 0 Å². The van der Waals surface area contributed by atoms with Gasteiger partial charge < -0.3 is 14.2 Å². The molecule has 0 radical (unpaired) electrons. The highest BCUT2D eigenvalue weighted by molar-refractivity contribution is 14.1. The van der Waals surface area contributed by atoms with E-state index in [0.717, 1.165) is 29.9 Å². The predicted molar refractivity (Wildman–Crippen MR) is 198 cm³/mol. The molecule has 10 heteroatoms. The molecular formula is C37H32BrIN2O5S. The van der Waals surface area contributed by atoms with E-state index in [9.17, 15) is 9.59 Å². The summed E-state index contributed by atoms with van der Waals surface area (Å²) in [6, 6.07) is 25.0. The van der Waals surface area contributed by atoms with Gasteiger partial charge in [0, 0.05) is 15.6 Å². The summed E-state index contributed by atoms with van der Waals surface area (Å²) in [7, 11) is 0. The van der Waals surface area contributed by atoms with Crippen LogP contribution in [0.25, 0.3) is 16.8 Å². The summed E-state index contributed by atoms with van der Waals surface area (Å²) in [5.41, 5.74) is 3.02. The lowest BCUT2D eigenvalue weighted by Gasteiger charge is -2.26. The second kappa shape index (κ2) is 14.2. The summed E-state index contributed by atoms with van der Waals surface area (Å²) in [6.45, 7) is 7.96. The van der Waals surface area contributed by atoms with Crippen molar-refractivity contribution in [1.82, 2.24) is 4.57 Å². The Bertz CT molecular complexity index is 2220. The first kappa shape index (κ1) is 33.2. The highest BCUT2D eigenvalue weighted by Gasteiger charge is 2.35. The summed E-state index contributed by atoms with van der Waals surface area (Å²) >= 11 is 7.16. The molecule has 0 N–H and O–H groups in total. The largest absolute Gasteiger partial charge is 0.491 e. The van der Waals surface area contributed by atoms with E-state index < -0.39 is 12.0 Å². The van der Waals surface area contributed by atoms with E-state index in [1.807, 2.05) is 74.5 Å². The van der Waals surface area contributed by atoms with Crippen LogP contribution in [0.15, 0.2) is 104 Å². The molecule has 0 saturated carbocycles. The Hall–Kier alpha value is -3.74. The maximum Gasteiger partial charge on any atom is 0.338 e. The van der Waals surface area contributed by atoms with Crippen molar-refractivity contribution in [2.24, 2.45) is 4.99 Å². The fourth-order valence-electron chi connectivity index (χ4n) is 5.70. The minimum absolute atomic E-state index is 0.116. The number of nitrogens with zero attached hydrogens (tertiary/aromatic N) is 2. The van der Waals surface area contributed by atoms with Crippen molar-refractivity contribution in [2.45, 2.75) is 46.4 Å². The summed E-state index contributed by atoms with van der Waals surface area (Å²) in [6.07, 6.45) is 1.72. The van der Waals surface area contributed by atoms with Gasteiger partial charge in [-0.25, -0.2) is 9.79 Å². The van der Waals surface area contributed by atoms with Crippen molar-refractivity contribution >= 4 is 72.7 Å². The first-order valence-electron chi connectivity index (χ1n) is 15.2. The quantitative estimate of drug-likeness (QED) is 0.113. The Morgan fingerprint density at radius 2 is 1.83 bits per heavy atom. The zero-order valence-electron chi connectivity index (χ0n) is 26.3. The Morgan fingerprint density at radius 1 is 1.09 bits per heavy atom. The van der Waals surface area contributed by atoms with Crippen molar-refractivity contribution in [3.8, 4) is 11.5 Å². The Balaban J connectivity index is 1.49. The lowest BCUT2D eigenvalue weighted by Crippen LogP contribution is -2.40. The molecule has 4 aromatic carbocycles. The average molecular weight is 824 g/mol. The van der Waals surface area contributed by atoms with Crippen LogP contribution in [0.5, 0.6) is 11.5 Å². The number of esters is 1. The normalized spacial score (nSPS) is 14.7. The number of hydrogen-bond acceptors (Lipinski definition) is 7. The van der Waals surface area contributed by atoms with Crippen LogP contribution in [0.2, 0.25) is 0 Å². The molecule has 47 heavy (non-hydrogen) atoms. The van der Waals surface area contributed by atoms with Gasteiger partial charge in [0.25, 0.3) is 5.56 Å². The molecule has 240 valence electrons. The van der Waals surface area contributed by atoms with Crippen LogP contribution in [-0.2, 0) is 16.1 Å². The number of para-hydroxylation sites is 1. The smallest absolute Gasteiger partial charge is 0.338 e. The van der Waals surface area contributed by atoms with Gasteiger partial charge in [-0.05, 0) is 90.9 Å². The van der Waals surface area contributed by atoms with E-state index in [4.69, 9.17) is 19.2 Å². The fourth-order valence-corrected chi connectivity index (χ4v) is 8.45. The molecule has 0 saturated heterocycles. The third kappa shape index (κ3) is 6.81. The highest BCUT2D eigenvalue weighted by atomic mass is 127. The van der Waals surface area contributed by atoms with Gasteiger partial charge in [0.05, 0.1) is 32.1 Å². The SMILES string of the molecule is CCOC(=O)C1=C(C)N=c2s/c(=C\c3cc(Br)cc(I)c3OCc3cccc4ccccc34)c(=O)n2[C@H]1c1ccccc1OC(C)C. The van der Waals surface area contributed by atoms with Gasteiger partial charge in [0.2, 0.25) is 0 Å². The molecule has 0 unspecified atom stereocenters. The van der Waals surface area contributed by atoms with E-state index in [-0.39, 0.29) is 18.3 Å². The standard InChI is InChI=1S/C37H32BrIN2O5S/c1-5-44-36(43)32-22(4)40-37-41(33(32)28-15-8-9-16-30(28)46-21(2)3)35(42)31(47-37)18-25-17-26(38)19-29(39)34(25)45-20-24-13-10-12-23-11-6-7-14-27(23)24/h6-19,21,33H,5,20H2,1-4H3/b31-18-/t33-/m0/s1. The molecule has 0 aliphatic carbocycles. The molecule has 5 aromatic rings. The second-order valence-electron chi connectivity index (χ2n) is 11.2. The van der Waals surface area contributed by atoms with Gasteiger partial charge in [0.15, 0.2) is 4.80 Å². The molecule has 7 nitrogen and oxygen atoms in total. The number of carbonyl (C=O) groups excluding carboxylic acids is 1. The molecule has 6 rings (SSSR count). The van der Waals surface area contributed by atoms with Crippen molar-refractivity contribution < 1.29 is 19.0 Å². The number of benzene rings is 4. The molecule has 0 amide bonds. The van der Waals surface area contributed by atoms with E-state index in [0.29, 0.717) is 44.3 Å². The maximum atomic E-state index is 14.4. The number of hydrogen-bond donors (Lipinski definition) is 0. The predicted octanol–water partition coefficient (Wildman–Crippen LogP) is 7.68. The average Bonchev–Trinajstić information content (AvgIpc) is 3.33. The van der Waals surface area contributed by atoms with Gasteiger partial charge in [-0.15, -0.1) is 0 Å². The van der Waals surface area contributed by atoms with Crippen LogP contribution in [0.4, 0.5) is 0 Å². The third-order valence-electron chi connectivity index (χ3n) is 7.67. The number of rotatable bonds is 9. The monoisotopic (exact) mass is 822 g/mol. The third-order valence-corrected chi connectivity index (χ3v) is 9.91. The number of thiazole rings is 1. The fraction of sp³-hybridized carbons (Fsp3) is 0.216. The molecule has 1 aliphatic heterocycles. The first-order chi connectivity index (χ1) is 22.7. The number of aromatic nitrogens is 1. The summed E-state index contributed by atoms with van der Waals surface area (Å²) in [4.78, 5) is 33.0. The van der Waals surface area contributed by atoms with Crippen LogP contribution >= 0.6 is 49.9 Å². The molecule has 1 atom stereocenters. The Kier molecular flexibility index (Phi) is 10.00. The Labute approximate surface area is 298 Å². The van der Waals surface area contributed by atoms with E-state index in [2.05, 4.69) is 62.8 Å². The number of allylic oxidation sites excluding steroid dienone is 1. The number of ether oxygens (including phenoxy) is 3. The van der Waals surface area contributed by atoms with Gasteiger partial charge in [-0.1, -0.05) is 87.9 Å². The number of fused-ring (bicyclic) bond motifs is 2. The van der Waals surface area contributed by atoms with Crippen molar-refractivity contribution in [3.05, 3.63) is 135 Å². The van der Waals surface area contributed by atoms with Crippen LogP contribution in [-0.4, -0.2) is 23.2 Å². The minimum Gasteiger partial charge on any atom is -0.491 e. The number of halogens is 2. The van der Waals surface area contributed by atoms with E-state index >= 15 is 0 Å². The maximum absolute atomic E-state index is 14.4. The Morgan fingerprint density at radius 3 is 2.62 bits per heavy atom. The molecule has 1 aromatic heterocycles. The van der Waals surface area contributed by atoms with Crippen molar-refractivity contribution in [3.63, 3.8) is 0 Å². The summed E-state index contributed by atoms with van der Waals surface area (Å²) in [5.74, 6) is 0.741. The molecule has 2 heterocycles. The van der Waals surface area contributed by atoms with Crippen LogP contribution in [0.1, 0.15) is 50.4 Å². The lowest BCUT2D eigenvalue weighted by atomic mass is 9.95. The zero-order valence-corrected chi connectivity index (χ0v) is 30.8. The highest BCUT2D eigenvalue weighted by Crippen LogP contribution is 2.37. The second-order valence-corrected chi connectivity index (χ2v) is 14.3. The zero-order chi connectivity index (χ0) is 33.2. The van der Waals surface area contributed by atoms with Gasteiger partial charge in [-0.2, -0.15) is 0 Å². The van der Waals surface area contributed by atoms with Crippen LogP contribution in [0.3, 0.4) is 0 Å². The van der Waals surface area contributed by atoms with Crippen molar-refractivity contribution in [2.75, 3.05) is 6.61 Å². The number of carbonyl (C=O) groups is 1. The van der Waals surface area contributed by atoms with E-state index in [1.54, 1.807) is 18.4 Å². The molecule has 0 spiro atoms. The van der Waals surface area contributed by atoms with Crippen LogP contribution < -0.4 is 24.4 Å². The molecule has 0 fully saturated rings. The van der Waals surface area contributed by atoms with Gasteiger partial charge in [-0.3, -0.25) is 9.36 Å². The minimum atomic E-state index is -0.785. The van der Waals surface area contributed by atoms with Gasteiger partial charge >= 0.3 is 5.97 Å². The first-order valence-corrected chi connectivity index (χ1v) is 17.9. The summed E-state index contributed by atoms with van der Waals surface area (Å²) in [5, 5.41) is 2.28. The summed E-state index contributed by atoms with van der Waals surface area (Å²) < 4.78 is 21.9.